The first-order chi connectivity index (χ1) is 16.4. The Morgan fingerprint density at radius 1 is 0.971 bits per heavy atom. The highest BCUT2D eigenvalue weighted by Crippen LogP contribution is 2.44. The van der Waals surface area contributed by atoms with Crippen LogP contribution >= 0.6 is 23.2 Å². The number of hydrogen-bond donors (Lipinski definition) is 1. The first-order valence-electron chi connectivity index (χ1n) is 10.4. The third-order valence-electron chi connectivity index (χ3n) is 5.39. The summed E-state index contributed by atoms with van der Waals surface area (Å²) in [6.07, 6.45) is 0. The number of nitrogens with two attached hydrogens (primary N) is 1. The number of rotatable bonds is 6. The van der Waals surface area contributed by atoms with Crippen molar-refractivity contribution in [2.75, 3.05) is 12.8 Å². The van der Waals surface area contributed by atoms with Gasteiger partial charge in [-0.3, -0.25) is 0 Å². The van der Waals surface area contributed by atoms with Gasteiger partial charge in [0.05, 0.1) is 12.1 Å². The van der Waals surface area contributed by atoms with E-state index in [9.17, 15) is 5.26 Å². The van der Waals surface area contributed by atoms with E-state index in [4.69, 9.17) is 38.4 Å². The fraction of sp³-hybridized carbons (Fsp3) is 0.111. The second kappa shape index (κ2) is 10.0. The zero-order chi connectivity index (χ0) is 24.2. The summed E-state index contributed by atoms with van der Waals surface area (Å²) in [5, 5.41) is 10.9. The SMILES string of the molecule is COc1cc(-c2c(C#N)c(N)nc(C)c2-c2ccccc2)cc(Cl)c1OCc1ccc(Cl)cc1. The van der Waals surface area contributed by atoms with Gasteiger partial charge in [0, 0.05) is 21.8 Å². The Bertz CT molecular complexity index is 1380. The summed E-state index contributed by atoms with van der Waals surface area (Å²) in [5.41, 5.74) is 11.1. The molecule has 0 saturated carbocycles. The van der Waals surface area contributed by atoms with Crippen molar-refractivity contribution < 1.29 is 9.47 Å². The van der Waals surface area contributed by atoms with Crippen LogP contribution in [-0.4, -0.2) is 12.1 Å². The number of benzene rings is 3. The minimum atomic E-state index is 0.160. The molecule has 0 aliphatic carbocycles. The molecule has 0 aliphatic rings. The van der Waals surface area contributed by atoms with E-state index in [1.54, 1.807) is 31.4 Å². The number of nitrogens with zero attached hydrogens (tertiary/aromatic N) is 2. The van der Waals surface area contributed by atoms with Crippen LogP contribution in [0.15, 0.2) is 66.7 Å². The van der Waals surface area contributed by atoms with Crippen molar-refractivity contribution in [1.29, 1.82) is 5.26 Å². The molecule has 0 bridgehead atoms. The lowest BCUT2D eigenvalue weighted by molar-refractivity contribution is 0.285. The van der Waals surface area contributed by atoms with Gasteiger partial charge in [-0.05, 0) is 47.9 Å². The summed E-state index contributed by atoms with van der Waals surface area (Å²) in [5.74, 6) is 1.00. The van der Waals surface area contributed by atoms with Crippen molar-refractivity contribution in [1.82, 2.24) is 4.98 Å². The van der Waals surface area contributed by atoms with Gasteiger partial charge in [0.1, 0.15) is 24.1 Å². The highest BCUT2D eigenvalue weighted by atomic mass is 35.5. The van der Waals surface area contributed by atoms with Crippen LogP contribution in [0, 0.1) is 18.3 Å². The fourth-order valence-electron chi connectivity index (χ4n) is 3.83. The summed E-state index contributed by atoms with van der Waals surface area (Å²) in [7, 11) is 1.54. The molecular weight excluding hydrogens is 469 g/mol. The second-order valence-corrected chi connectivity index (χ2v) is 8.43. The topological polar surface area (TPSA) is 81.2 Å². The Morgan fingerprint density at radius 2 is 1.68 bits per heavy atom. The Kier molecular flexibility index (Phi) is 6.93. The first kappa shape index (κ1) is 23.4. The number of hydrogen-bond acceptors (Lipinski definition) is 5. The molecule has 5 nitrogen and oxygen atoms in total. The number of anilines is 1. The maximum atomic E-state index is 9.93. The zero-order valence-corrected chi connectivity index (χ0v) is 20.1. The Hall–Kier alpha value is -3.72. The van der Waals surface area contributed by atoms with Crippen LogP contribution in [0.25, 0.3) is 22.3 Å². The molecular formula is C27H21Cl2N3O2. The van der Waals surface area contributed by atoms with Crippen molar-refractivity contribution in [2.24, 2.45) is 0 Å². The Balaban J connectivity index is 1.84. The number of methoxy groups -OCH3 is 1. The van der Waals surface area contributed by atoms with E-state index in [0.717, 1.165) is 16.7 Å². The van der Waals surface area contributed by atoms with Crippen molar-refractivity contribution >= 4 is 29.0 Å². The van der Waals surface area contributed by atoms with E-state index in [1.807, 2.05) is 49.4 Å². The van der Waals surface area contributed by atoms with Gasteiger partial charge in [-0.25, -0.2) is 4.98 Å². The van der Waals surface area contributed by atoms with Crippen LogP contribution in [0.1, 0.15) is 16.8 Å². The van der Waals surface area contributed by atoms with E-state index in [0.29, 0.717) is 38.4 Å². The minimum absolute atomic E-state index is 0.160. The molecule has 34 heavy (non-hydrogen) atoms. The van der Waals surface area contributed by atoms with Crippen molar-refractivity contribution in [2.45, 2.75) is 13.5 Å². The van der Waals surface area contributed by atoms with Crippen LogP contribution in [0.5, 0.6) is 11.5 Å². The summed E-state index contributed by atoms with van der Waals surface area (Å²) in [6.45, 7) is 2.15. The van der Waals surface area contributed by atoms with E-state index >= 15 is 0 Å². The quantitative estimate of drug-likeness (QED) is 0.313. The molecule has 0 amide bonds. The molecule has 4 rings (SSSR count). The Labute approximate surface area is 208 Å². The van der Waals surface area contributed by atoms with E-state index < -0.39 is 0 Å². The maximum absolute atomic E-state index is 9.93. The average molecular weight is 490 g/mol. The van der Waals surface area contributed by atoms with Gasteiger partial charge in [0.15, 0.2) is 11.5 Å². The average Bonchev–Trinajstić information content (AvgIpc) is 2.84. The van der Waals surface area contributed by atoms with Gasteiger partial charge in [-0.2, -0.15) is 5.26 Å². The summed E-state index contributed by atoms with van der Waals surface area (Å²) < 4.78 is 11.6. The number of pyridine rings is 1. The van der Waals surface area contributed by atoms with Crippen molar-refractivity contribution in [3.8, 4) is 39.8 Å². The lowest BCUT2D eigenvalue weighted by Crippen LogP contribution is -2.04. The smallest absolute Gasteiger partial charge is 0.180 e. The summed E-state index contributed by atoms with van der Waals surface area (Å²) in [6, 6.07) is 22.8. The predicted molar refractivity (Wildman–Crippen MR) is 136 cm³/mol. The van der Waals surface area contributed by atoms with Crippen LogP contribution in [0.3, 0.4) is 0 Å². The monoisotopic (exact) mass is 489 g/mol. The van der Waals surface area contributed by atoms with E-state index in [2.05, 4.69) is 11.1 Å². The minimum Gasteiger partial charge on any atom is -0.493 e. The fourth-order valence-corrected chi connectivity index (χ4v) is 4.22. The zero-order valence-electron chi connectivity index (χ0n) is 18.6. The molecule has 0 spiro atoms. The molecule has 1 heterocycles. The largest absolute Gasteiger partial charge is 0.493 e. The molecule has 0 atom stereocenters. The Morgan fingerprint density at radius 3 is 2.32 bits per heavy atom. The summed E-state index contributed by atoms with van der Waals surface area (Å²) >= 11 is 12.6. The van der Waals surface area contributed by atoms with Crippen LogP contribution in [0.4, 0.5) is 5.82 Å². The predicted octanol–water partition coefficient (Wildman–Crippen LogP) is 7.07. The molecule has 0 radical (unpaired) electrons. The molecule has 2 N–H and O–H groups in total. The van der Waals surface area contributed by atoms with Gasteiger partial charge in [-0.1, -0.05) is 65.7 Å². The van der Waals surface area contributed by atoms with Crippen LogP contribution < -0.4 is 15.2 Å². The third-order valence-corrected chi connectivity index (χ3v) is 5.93. The first-order valence-corrected chi connectivity index (χ1v) is 11.2. The molecule has 4 aromatic rings. The van der Waals surface area contributed by atoms with Crippen molar-refractivity contribution in [3.63, 3.8) is 0 Å². The molecule has 0 fully saturated rings. The highest BCUT2D eigenvalue weighted by molar-refractivity contribution is 6.32. The number of nitriles is 1. The molecule has 0 aliphatic heterocycles. The number of ether oxygens (including phenoxy) is 2. The number of nitrogen functional groups attached to an aromatic ring is 1. The number of halogens is 2. The molecule has 3 aromatic carbocycles. The maximum Gasteiger partial charge on any atom is 0.180 e. The second-order valence-electron chi connectivity index (χ2n) is 7.59. The normalized spacial score (nSPS) is 10.6. The van der Waals surface area contributed by atoms with Gasteiger partial charge >= 0.3 is 0 Å². The van der Waals surface area contributed by atoms with Gasteiger partial charge < -0.3 is 15.2 Å². The molecule has 0 unspecified atom stereocenters. The lowest BCUT2D eigenvalue weighted by atomic mass is 9.90. The third kappa shape index (κ3) is 4.65. The molecule has 7 heteroatoms. The van der Waals surface area contributed by atoms with Gasteiger partial charge in [0.2, 0.25) is 0 Å². The van der Waals surface area contributed by atoms with Gasteiger partial charge in [0.25, 0.3) is 0 Å². The highest BCUT2D eigenvalue weighted by Gasteiger charge is 2.22. The molecule has 0 saturated heterocycles. The van der Waals surface area contributed by atoms with Crippen molar-refractivity contribution in [3.05, 3.63) is 93.6 Å². The van der Waals surface area contributed by atoms with E-state index in [-0.39, 0.29) is 18.0 Å². The lowest BCUT2D eigenvalue weighted by Gasteiger charge is -2.19. The number of aromatic nitrogens is 1. The van der Waals surface area contributed by atoms with Crippen LogP contribution in [-0.2, 0) is 6.61 Å². The van der Waals surface area contributed by atoms with E-state index in [1.165, 1.54) is 0 Å². The summed E-state index contributed by atoms with van der Waals surface area (Å²) in [4.78, 5) is 4.42. The van der Waals surface area contributed by atoms with Crippen LogP contribution in [0.2, 0.25) is 10.0 Å². The molecule has 170 valence electrons. The molecule has 1 aromatic heterocycles. The van der Waals surface area contributed by atoms with Gasteiger partial charge in [-0.15, -0.1) is 0 Å². The standard InChI is InChI=1S/C27H21Cl2N3O2/c1-16-24(18-6-4-3-5-7-18)25(21(14-30)27(31)32-16)19-12-22(29)26(23(13-19)33-2)34-15-17-8-10-20(28)11-9-17/h3-13H,15H2,1-2H3,(H2,31,32). The number of aryl methyl sites for hydroxylation is 1.